The van der Waals surface area contributed by atoms with Crippen molar-refractivity contribution in [2.24, 2.45) is 0 Å². The molecule has 0 bridgehead atoms. The molecule has 1 saturated heterocycles. The van der Waals surface area contributed by atoms with Gasteiger partial charge < -0.3 is 25.0 Å². The molecule has 8 nitrogen and oxygen atoms in total. The fourth-order valence-electron chi connectivity index (χ4n) is 2.58. The van der Waals surface area contributed by atoms with Crippen molar-refractivity contribution in [3.8, 4) is 0 Å². The predicted octanol–water partition coefficient (Wildman–Crippen LogP) is -1.15. The number of aromatic amines is 1. The number of hydrogen-bond donors (Lipinski definition) is 5. The Balaban J connectivity index is 2.14. The molecule has 1 aliphatic rings. The normalized spacial score (nSPS) is 33.9. The van der Waals surface area contributed by atoms with E-state index in [9.17, 15) is 15.3 Å². The SMILES string of the molecule is C[C@@]1(O)[C@H](O)[C@@H](CO)O[C@H]1n1cnc(=N)c2cc[nH]c21. The highest BCUT2D eigenvalue weighted by molar-refractivity contribution is 5.74. The van der Waals surface area contributed by atoms with Gasteiger partial charge in [0.2, 0.25) is 0 Å². The molecule has 3 rings (SSSR count). The molecule has 3 heterocycles. The molecule has 0 saturated carbocycles. The summed E-state index contributed by atoms with van der Waals surface area (Å²) in [5.41, 5.74) is -0.920. The highest BCUT2D eigenvalue weighted by Gasteiger charge is 2.53. The maximum atomic E-state index is 10.4. The van der Waals surface area contributed by atoms with Crippen LogP contribution in [0.5, 0.6) is 0 Å². The van der Waals surface area contributed by atoms with E-state index in [-0.39, 0.29) is 5.49 Å². The quantitative estimate of drug-likeness (QED) is 0.474. The molecule has 0 amide bonds. The van der Waals surface area contributed by atoms with Gasteiger partial charge in [-0.05, 0) is 13.0 Å². The maximum Gasteiger partial charge on any atom is 0.168 e. The van der Waals surface area contributed by atoms with Crippen LogP contribution in [0.25, 0.3) is 11.0 Å². The molecule has 5 N–H and O–H groups in total. The van der Waals surface area contributed by atoms with Gasteiger partial charge in [-0.1, -0.05) is 0 Å². The third-order valence-corrected chi connectivity index (χ3v) is 3.74. The largest absolute Gasteiger partial charge is 0.394 e. The third kappa shape index (κ3) is 1.70. The zero-order valence-electron chi connectivity index (χ0n) is 10.8. The summed E-state index contributed by atoms with van der Waals surface area (Å²) in [5, 5.41) is 38.0. The number of ether oxygens (including phenoxy) is 1. The van der Waals surface area contributed by atoms with Gasteiger partial charge in [-0.2, -0.15) is 0 Å². The van der Waals surface area contributed by atoms with E-state index in [4.69, 9.17) is 10.1 Å². The molecular formula is C12H16N4O4. The molecule has 2 aromatic heterocycles. The van der Waals surface area contributed by atoms with Crippen LogP contribution in [0.2, 0.25) is 0 Å². The lowest BCUT2D eigenvalue weighted by molar-refractivity contribution is -0.0954. The van der Waals surface area contributed by atoms with Crippen LogP contribution in [-0.2, 0) is 4.74 Å². The number of H-pyrrole nitrogens is 1. The molecule has 1 aliphatic heterocycles. The first-order valence-electron chi connectivity index (χ1n) is 6.22. The Hall–Kier alpha value is -1.74. The van der Waals surface area contributed by atoms with Crippen LogP contribution in [0.3, 0.4) is 0 Å². The van der Waals surface area contributed by atoms with Gasteiger partial charge in [0.15, 0.2) is 11.7 Å². The van der Waals surface area contributed by atoms with E-state index in [1.807, 2.05) is 0 Å². The van der Waals surface area contributed by atoms with E-state index in [1.54, 1.807) is 12.3 Å². The molecule has 2 aromatic rings. The van der Waals surface area contributed by atoms with Crippen molar-refractivity contribution in [1.29, 1.82) is 5.41 Å². The van der Waals surface area contributed by atoms with Crippen molar-refractivity contribution in [2.45, 2.75) is 31.0 Å². The van der Waals surface area contributed by atoms with Crippen molar-refractivity contribution in [1.82, 2.24) is 14.5 Å². The summed E-state index contributed by atoms with van der Waals surface area (Å²) in [6.45, 7) is 1.04. The Kier molecular flexibility index (Phi) is 2.91. The van der Waals surface area contributed by atoms with Crippen LogP contribution in [0.1, 0.15) is 13.2 Å². The highest BCUT2D eigenvalue weighted by atomic mass is 16.6. The molecule has 8 heteroatoms. The van der Waals surface area contributed by atoms with Crippen molar-refractivity contribution in [3.63, 3.8) is 0 Å². The third-order valence-electron chi connectivity index (χ3n) is 3.74. The van der Waals surface area contributed by atoms with Gasteiger partial charge in [-0.3, -0.25) is 9.98 Å². The number of aliphatic hydroxyl groups excluding tert-OH is 2. The summed E-state index contributed by atoms with van der Waals surface area (Å²) in [4.78, 5) is 6.90. The molecular weight excluding hydrogens is 264 g/mol. The van der Waals surface area contributed by atoms with Crippen molar-refractivity contribution in [3.05, 3.63) is 24.1 Å². The molecule has 4 atom stereocenters. The Labute approximate surface area is 113 Å². The predicted molar refractivity (Wildman–Crippen MR) is 67.6 cm³/mol. The van der Waals surface area contributed by atoms with Gasteiger partial charge in [0.25, 0.3) is 0 Å². The van der Waals surface area contributed by atoms with Crippen LogP contribution in [-0.4, -0.2) is 54.3 Å². The Morgan fingerprint density at radius 2 is 2.35 bits per heavy atom. The standard InChI is InChI=1S/C12H16N4O4/c1-12(19)8(18)7(4-17)20-11(12)16-5-15-9(13)6-2-3-14-10(6)16/h2-3,5,7-8,11,13-14,17-19H,4H2,1H3/t7-,8-,11-,12-/m1/s1. The average molecular weight is 280 g/mol. The number of nitrogens with zero attached hydrogens (tertiary/aromatic N) is 2. The highest BCUT2D eigenvalue weighted by Crippen LogP contribution is 2.38. The molecule has 0 unspecified atom stereocenters. The smallest absolute Gasteiger partial charge is 0.168 e. The minimum atomic E-state index is -1.58. The summed E-state index contributed by atoms with van der Waals surface area (Å²) in [5.74, 6) is 0. The van der Waals surface area contributed by atoms with Gasteiger partial charge in [0.1, 0.15) is 29.8 Å². The number of rotatable bonds is 2. The Morgan fingerprint density at radius 3 is 3.00 bits per heavy atom. The summed E-state index contributed by atoms with van der Waals surface area (Å²) in [6.07, 6.45) is 0.0230. The number of aromatic nitrogens is 3. The van der Waals surface area contributed by atoms with Gasteiger partial charge in [-0.15, -0.1) is 0 Å². The number of nitrogens with one attached hydrogen (secondary N) is 2. The minimum absolute atomic E-state index is 0.106. The van der Waals surface area contributed by atoms with Crippen molar-refractivity contribution < 1.29 is 20.1 Å². The number of fused-ring (bicyclic) bond motifs is 1. The van der Waals surface area contributed by atoms with Gasteiger partial charge in [0, 0.05) is 6.20 Å². The molecule has 108 valence electrons. The van der Waals surface area contributed by atoms with Crippen molar-refractivity contribution in [2.75, 3.05) is 6.61 Å². The molecule has 1 fully saturated rings. The summed E-state index contributed by atoms with van der Waals surface area (Å²) in [7, 11) is 0. The average Bonchev–Trinajstić information content (AvgIpc) is 2.98. The summed E-state index contributed by atoms with van der Waals surface area (Å²) >= 11 is 0. The van der Waals surface area contributed by atoms with E-state index in [1.165, 1.54) is 17.8 Å². The first-order chi connectivity index (χ1) is 9.46. The van der Waals surface area contributed by atoms with Crippen LogP contribution in [0, 0.1) is 5.41 Å². The monoisotopic (exact) mass is 280 g/mol. The van der Waals surface area contributed by atoms with E-state index in [0.29, 0.717) is 11.0 Å². The lowest BCUT2D eigenvalue weighted by atomic mass is 9.96. The fraction of sp³-hybridized carbons (Fsp3) is 0.500. The molecule has 0 radical (unpaired) electrons. The van der Waals surface area contributed by atoms with Crippen LogP contribution in [0.4, 0.5) is 0 Å². The van der Waals surface area contributed by atoms with Gasteiger partial charge in [0.05, 0.1) is 12.0 Å². The lowest BCUT2D eigenvalue weighted by Crippen LogP contribution is -2.44. The molecule has 20 heavy (non-hydrogen) atoms. The summed E-state index contributed by atoms with van der Waals surface area (Å²) < 4.78 is 7.05. The fourth-order valence-corrected chi connectivity index (χ4v) is 2.58. The second-order valence-corrected chi connectivity index (χ2v) is 5.12. The van der Waals surface area contributed by atoms with Gasteiger partial charge in [-0.25, -0.2) is 4.98 Å². The summed E-state index contributed by atoms with van der Waals surface area (Å²) in [6, 6.07) is 1.70. The Morgan fingerprint density at radius 1 is 1.60 bits per heavy atom. The number of hydrogen-bond acceptors (Lipinski definition) is 6. The first kappa shape index (κ1) is 13.3. The van der Waals surface area contributed by atoms with E-state index in [2.05, 4.69) is 9.97 Å². The molecule has 0 spiro atoms. The van der Waals surface area contributed by atoms with Crippen LogP contribution < -0.4 is 5.49 Å². The lowest BCUT2D eigenvalue weighted by Gasteiger charge is -2.28. The van der Waals surface area contributed by atoms with E-state index in [0.717, 1.165) is 0 Å². The van der Waals surface area contributed by atoms with Crippen LogP contribution in [0.15, 0.2) is 18.6 Å². The zero-order chi connectivity index (χ0) is 14.5. The van der Waals surface area contributed by atoms with E-state index < -0.39 is 30.6 Å². The second-order valence-electron chi connectivity index (χ2n) is 5.12. The number of aliphatic hydroxyl groups is 3. The van der Waals surface area contributed by atoms with Crippen LogP contribution >= 0.6 is 0 Å². The topological polar surface area (TPSA) is 127 Å². The Bertz CT molecular complexity index is 692. The minimum Gasteiger partial charge on any atom is -0.394 e. The van der Waals surface area contributed by atoms with Gasteiger partial charge >= 0.3 is 0 Å². The second kappa shape index (κ2) is 4.38. The zero-order valence-corrected chi connectivity index (χ0v) is 10.8. The molecule has 0 aliphatic carbocycles. The maximum absolute atomic E-state index is 10.4. The van der Waals surface area contributed by atoms with E-state index >= 15 is 0 Å². The molecule has 0 aromatic carbocycles. The first-order valence-corrected chi connectivity index (χ1v) is 6.22. The van der Waals surface area contributed by atoms with Crippen molar-refractivity contribution >= 4 is 11.0 Å².